The van der Waals surface area contributed by atoms with E-state index in [1.165, 1.54) is 26.0 Å². The number of nitrogens with one attached hydrogen (secondary N) is 1. The van der Waals surface area contributed by atoms with Crippen molar-refractivity contribution in [3.63, 3.8) is 0 Å². The van der Waals surface area contributed by atoms with E-state index in [-0.39, 0.29) is 24.0 Å². The van der Waals surface area contributed by atoms with Crippen LogP contribution in [-0.4, -0.2) is 22.2 Å². The molecule has 1 N–H and O–H groups in total. The largest absolute Gasteiger partial charge is 0.436 e. The molecule has 1 amide bonds. The Balaban J connectivity index is 2.07. The summed E-state index contributed by atoms with van der Waals surface area (Å²) in [6, 6.07) is 4.91. The maximum Gasteiger partial charge on any atom is 0.436 e. The van der Waals surface area contributed by atoms with Crippen LogP contribution in [0.15, 0.2) is 24.3 Å². The zero-order valence-corrected chi connectivity index (χ0v) is 15.1. The summed E-state index contributed by atoms with van der Waals surface area (Å²) >= 11 is 5.70. The van der Waals surface area contributed by atoms with Crippen molar-refractivity contribution in [1.29, 1.82) is 0 Å². The van der Waals surface area contributed by atoms with Crippen LogP contribution in [-0.2, 0) is 11.0 Å². The van der Waals surface area contributed by atoms with Gasteiger partial charge in [0.1, 0.15) is 11.9 Å². The minimum atomic E-state index is -4.69. The zero-order valence-electron chi connectivity index (χ0n) is 14.4. The van der Waals surface area contributed by atoms with Gasteiger partial charge in [0, 0.05) is 6.54 Å². The summed E-state index contributed by atoms with van der Waals surface area (Å²) in [5, 5.41) is 5.61. The van der Waals surface area contributed by atoms with Gasteiger partial charge in [0.05, 0.1) is 10.7 Å². The molecule has 0 bridgehead atoms. The predicted molar refractivity (Wildman–Crippen MR) is 89.5 cm³/mol. The molecule has 0 aliphatic carbocycles. The fourth-order valence-electron chi connectivity index (χ4n) is 2.48. The second-order valence-electron chi connectivity index (χ2n) is 6.06. The molecule has 142 valence electrons. The fourth-order valence-corrected chi connectivity index (χ4v) is 2.71. The van der Waals surface area contributed by atoms with E-state index in [1.807, 2.05) is 6.92 Å². The van der Waals surface area contributed by atoms with Gasteiger partial charge in [-0.3, -0.25) is 9.48 Å². The van der Waals surface area contributed by atoms with Crippen molar-refractivity contribution in [3.8, 4) is 0 Å². The quantitative estimate of drug-likeness (QED) is 0.764. The molecule has 0 fully saturated rings. The van der Waals surface area contributed by atoms with E-state index in [9.17, 15) is 22.4 Å². The maximum atomic E-state index is 12.9. The topological polar surface area (TPSA) is 46.9 Å². The number of rotatable bonds is 5. The van der Waals surface area contributed by atoms with Crippen LogP contribution in [0, 0.1) is 12.7 Å². The number of hydrogen-bond acceptors (Lipinski definition) is 2. The van der Waals surface area contributed by atoms with E-state index in [0.717, 1.165) is 10.2 Å². The molecule has 2 unspecified atom stereocenters. The molecule has 2 aromatic rings. The summed E-state index contributed by atoms with van der Waals surface area (Å²) in [4.78, 5) is 12.3. The first-order valence-corrected chi connectivity index (χ1v) is 8.25. The molecule has 0 saturated heterocycles. The highest BCUT2D eigenvalue weighted by Crippen LogP contribution is 2.36. The van der Waals surface area contributed by atoms with Gasteiger partial charge in [-0.2, -0.15) is 18.3 Å². The van der Waals surface area contributed by atoms with Gasteiger partial charge in [0.25, 0.3) is 0 Å². The monoisotopic (exact) mass is 391 g/mol. The molecule has 26 heavy (non-hydrogen) atoms. The van der Waals surface area contributed by atoms with E-state index in [4.69, 9.17) is 11.6 Å². The molecule has 0 aliphatic heterocycles. The molecular weight excluding hydrogens is 374 g/mol. The Morgan fingerprint density at radius 2 is 1.85 bits per heavy atom. The Bertz CT molecular complexity index is 787. The van der Waals surface area contributed by atoms with Crippen LogP contribution in [0.1, 0.15) is 42.8 Å². The Hall–Kier alpha value is -2.09. The molecule has 1 aromatic carbocycles. The third-order valence-corrected chi connectivity index (χ3v) is 4.57. The van der Waals surface area contributed by atoms with E-state index >= 15 is 0 Å². The van der Waals surface area contributed by atoms with Gasteiger partial charge in [-0.05, 0) is 37.5 Å². The van der Waals surface area contributed by atoms with E-state index < -0.39 is 28.8 Å². The van der Waals surface area contributed by atoms with Crippen LogP contribution in [0.5, 0.6) is 0 Å². The highest BCUT2D eigenvalue weighted by molar-refractivity contribution is 6.32. The number of carbonyl (C=O) groups is 1. The summed E-state index contributed by atoms with van der Waals surface area (Å²) < 4.78 is 52.6. The summed E-state index contributed by atoms with van der Waals surface area (Å²) in [7, 11) is 0. The summed E-state index contributed by atoms with van der Waals surface area (Å²) in [6.07, 6.45) is -4.69. The third-order valence-electron chi connectivity index (χ3n) is 4.11. The number of amides is 1. The lowest BCUT2D eigenvalue weighted by Gasteiger charge is -2.17. The Morgan fingerprint density at radius 3 is 2.35 bits per heavy atom. The Kier molecular flexibility index (Phi) is 5.95. The average Bonchev–Trinajstić information content (AvgIpc) is 2.88. The average molecular weight is 392 g/mol. The van der Waals surface area contributed by atoms with Crippen LogP contribution in [0.3, 0.4) is 0 Å². The third kappa shape index (κ3) is 4.35. The lowest BCUT2D eigenvalue weighted by atomic mass is 10.0. The first-order valence-electron chi connectivity index (χ1n) is 7.87. The van der Waals surface area contributed by atoms with E-state index in [2.05, 4.69) is 10.4 Å². The van der Waals surface area contributed by atoms with Crippen LogP contribution in [0.25, 0.3) is 0 Å². The lowest BCUT2D eigenvalue weighted by molar-refractivity contribution is -0.141. The fraction of sp³-hybridized carbons (Fsp3) is 0.412. The molecule has 1 aromatic heterocycles. The standard InChI is InChI=1S/C17H18ClF4N3O/c1-9(12-4-6-13(19)7-5-12)8-23-16(26)11(3)25-10(2)14(18)15(24-25)17(20,21)22/h4-7,9,11H,8H2,1-3H3,(H,23,26). The molecule has 0 spiro atoms. The number of alkyl halides is 3. The van der Waals surface area contributed by atoms with E-state index in [1.54, 1.807) is 12.1 Å². The first kappa shape index (κ1) is 20.2. The number of hydrogen-bond donors (Lipinski definition) is 1. The number of aromatic nitrogens is 2. The van der Waals surface area contributed by atoms with Crippen molar-refractivity contribution < 1.29 is 22.4 Å². The van der Waals surface area contributed by atoms with Crippen LogP contribution >= 0.6 is 11.6 Å². The molecular formula is C17H18ClF4N3O. The van der Waals surface area contributed by atoms with Crippen LogP contribution < -0.4 is 5.32 Å². The van der Waals surface area contributed by atoms with Gasteiger partial charge in [-0.1, -0.05) is 30.7 Å². The molecule has 9 heteroatoms. The Morgan fingerprint density at radius 1 is 1.27 bits per heavy atom. The van der Waals surface area contributed by atoms with Crippen molar-refractivity contribution >= 4 is 17.5 Å². The van der Waals surface area contributed by atoms with Gasteiger partial charge >= 0.3 is 6.18 Å². The Labute approximate surface area is 153 Å². The minimum absolute atomic E-state index is 0.0632. The summed E-state index contributed by atoms with van der Waals surface area (Å²) in [6.45, 7) is 4.90. The molecule has 0 aliphatic rings. The summed E-state index contributed by atoms with van der Waals surface area (Å²) in [5.74, 6) is -0.945. The van der Waals surface area contributed by atoms with E-state index in [0.29, 0.717) is 0 Å². The van der Waals surface area contributed by atoms with Crippen molar-refractivity contribution in [1.82, 2.24) is 15.1 Å². The van der Waals surface area contributed by atoms with Gasteiger partial charge in [-0.25, -0.2) is 4.39 Å². The van der Waals surface area contributed by atoms with Gasteiger partial charge in [0.2, 0.25) is 5.91 Å². The summed E-state index contributed by atoms with van der Waals surface area (Å²) in [5.41, 5.74) is -0.318. The predicted octanol–water partition coefficient (Wildman–Crippen LogP) is 4.48. The molecule has 4 nitrogen and oxygen atoms in total. The molecule has 0 saturated carbocycles. The lowest BCUT2D eigenvalue weighted by Crippen LogP contribution is -2.34. The van der Waals surface area contributed by atoms with Gasteiger partial charge < -0.3 is 5.32 Å². The zero-order chi connectivity index (χ0) is 19.6. The van der Waals surface area contributed by atoms with Crippen molar-refractivity contribution in [2.75, 3.05) is 6.54 Å². The van der Waals surface area contributed by atoms with Crippen molar-refractivity contribution in [2.45, 2.75) is 38.9 Å². The number of benzene rings is 1. The van der Waals surface area contributed by atoms with Crippen LogP contribution in [0.2, 0.25) is 5.02 Å². The van der Waals surface area contributed by atoms with Crippen molar-refractivity contribution in [2.24, 2.45) is 0 Å². The maximum absolute atomic E-state index is 12.9. The van der Waals surface area contributed by atoms with Gasteiger partial charge in [0.15, 0.2) is 5.69 Å². The smallest absolute Gasteiger partial charge is 0.354 e. The highest BCUT2D eigenvalue weighted by Gasteiger charge is 2.39. The number of halogens is 5. The van der Waals surface area contributed by atoms with Gasteiger partial charge in [-0.15, -0.1) is 0 Å². The molecule has 2 rings (SSSR count). The second kappa shape index (κ2) is 7.65. The molecule has 0 radical (unpaired) electrons. The van der Waals surface area contributed by atoms with Crippen molar-refractivity contribution in [3.05, 3.63) is 52.1 Å². The number of nitrogens with zero attached hydrogens (tertiary/aromatic N) is 2. The molecule has 2 atom stereocenters. The number of carbonyl (C=O) groups excluding carboxylic acids is 1. The second-order valence-corrected chi connectivity index (χ2v) is 6.44. The normalized spacial score (nSPS) is 14.2. The highest BCUT2D eigenvalue weighted by atomic mass is 35.5. The SMILES string of the molecule is Cc1c(Cl)c(C(F)(F)F)nn1C(C)C(=O)NCC(C)c1ccc(F)cc1. The first-order chi connectivity index (χ1) is 12.0. The minimum Gasteiger partial charge on any atom is -0.354 e. The molecule has 1 heterocycles. The van der Waals surface area contributed by atoms with Crippen LogP contribution in [0.4, 0.5) is 17.6 Å².